The molecule has 4 nitrogen and oxygen atoms in total. The molecule has 0 saturated heterocycles. The van der Waals surface area contributed by atoms with Crippen LogP contribution in [0.5, 0.6) is 5.75 Å². The number of carbonyl (C=O) groups is 1. The highest BCUT2D eigenvalue weighted by Crippen LogP contribution is 2.29. The van der Waals surface area contributed by atoms with Crippen LogP contribution in [0.1, 0.15) is 32.6 Å². The fourth-order valence-electron chi connectivity index (χ4n) is 2.71. The van der Waals surface area contributed by atoms with E-state index in [0.717, 1.165) is 15.6 Å². The SMILES string of the molecule is Cc1ccc(COc2ccc(/C=C(/C#N)c3ccc(C(=O)O)cc3)cc2Br)cc1. The predicted molar refractivity (Wildman–Crippen MR) is 117 cm³/mol. The molecule has 0 bridgehead atoms. The summed E-state index contributed by atoms with van der Waals surface area (Å²) in [7, 11) is 0. The third-order valence-corrected chi connectivity index (χ3v) is 4.96. The smallest absolute Gasteiger partial charge is 0.335 e. The van der Waals surface area contributed by atoms with Crippen LogP contribution in [0.4, 0.5) is 0 Å². The van der Waals surface area contributed by atoms with Gasteiger partial charge in [0, 0.05) is 0 Å². The molecule has 29 heavy (non-hydrogen) atoms. The minimum Gasteiger partial charge on any atom is -0.488 e. The first-order valence-electron chi connectivity index (χ1n) is 8.89. The van der Waals surface area contributed by atoms with Crippen molar-refractivity contribution in [2.45, 2.75) is 13.5 Å². The lowest BCUT2D eigenvalue weighted by molar-refractivity contribution is 0.0697. The second kappa shape index (κ2) is 9.22. The summed E-state index contributed by atoms with van der Waals surface area (Å²) in [6.07, 6.45) is 1.75. The molecule has 144 valence electrons. The molecule has 5 heteroatoms. The molecule has 0 saturated carbocycles. The number of nitriles is 1. The molecule has 0 amide bonds. The average molecular weight is 448 g/mol. The molecular formula is C24H18BrNO3. The average Bonchev–Trinajstić information content (AvgIpc) is 2.72. The fourth-order valence-corrected chi connectivity index (χ4v) is 3.22. The topological polar surface area (TPSA) is 70.3 Å². The van der Waals surface area contributed by atoms with E-state index in [2.05, 4.69) is 22.0 Å². The van der Waals surface area contributed by atoms with Crippen molar-refractivity contribution in [3.05, 3.63) is 99.0 Å². The van der Waals surface area contributed by atoms with Gasteiger partial charge in [0.05, 0.1) is 21.7 Å². The molecule has 0 heterocycles. The highest BCUT2D eigenvalue weighted by Gasteiger charge is 2.07. The van der Waals surface area contributed by atoms with Crippen LogP contribution < -0.4 is 4.74 Å². The standard InChI is InChI=1S/C24H18BrNO3/c1-16-2-4-17(5-3-16)15-29-23-11-6-18(13-22(23)25)12-21(14-26)19-7-9-20(10-8-19)24(27)28/h2-13H,15H2,1H3,(H,27,28)/b21-12-. The lowest BCUT2D eigenvalue weighted by atomic mass is 10.0. The third kappa shape index (κ3) is 5.34. The van der Waals surface area contributed by atoms with Crippen LogP contribution in [0.2, 0.25) is 0 Å². The van der Waals surface area contributed by atoms with E-state index in [0.29, 0.717) is 23.5 Å². The van der Waals surface area contributed by atoms with Crippen LogP contribution >= 0.6 is 15.9 Å². The number of benzene rings is 3. The van der Waals surface area contributed by atoms with Gasteiger partial charge in [-0.15, -0.1) is 0 Å². The van der Waals surface area contributed by atoms with Gasteiger partial charge in [-0.2, -0.15) is 5.26 Å². The Kier molecular flexibility index (Phi) is 6.48. The van der Waals surface area contributed by atoms with Crippen LogP contribution in [0, 0.1) is 18.3 Å². The minimum absolute atomic E-state index is 0.184. The summed E-state index contributed by atoms with van der Waals surface area (Å²) in [4.78, 5) is 11.0. The largest absolute Gasteiger partial charge is 0.488 e. The maximum atomic E-state index is 11.0. The molecule has 0 aliphatic carbocycles. The maximum absolute atomic E-state index is 11.0. The van der Waals surface area contributed by atoms with Crippen LogP contribution in [-0.2, 0) is 6.61 Å². The first kappa shape index (κ1) is 20.4. The van der Waals surface area contributed by atoms with E-state index in [-0.39, 0.29) is 5.56 Å². The van der Waals surface area contributed by atoms with Crippen LogP contribution in [0.3, 0.4) is 0 Å². The second-order valence-electron chi connectivity index (χ2n) is 6.52. The maximum Gasteiger partial charge on any atom is 0.335 e. The van der Waals surface area contributed by atoms with Gasteiger partial charge < -0.3 is 9.84 Å². The number of aromatic carboxylic acids is 1. The van der Waals surface area contributed by atoms with Gasteiger partial charge in [-0.1, -0.05) is 48.0 Å². The molecule has 0 aliphatic heterocycles. The van der Waals surface area contributed by atoms with Gasteiger partial charge in [-0.05, 0) is 69.9 Å². The Hall–Kier alpha value is -3.36. The number of ether oxygens (including phenoxy) is 1. The predicted octanol–water partition coefficient (Wildman–Crippen LogP) is 6.10. The Morgan fingerprint density at radius 2 is 1.72 bits per heavy atom. The van der Waals surface area contributed by atoms with Crippen LogP contribution in [-0.4, -0.2) is 11.1 Å². The van der Waals surface area contributed by atoms with Crippen molar-refractivity contribution in [3.8, 4) is 11.8 Å². The second-order valence-corrected chi connectivity index (χ2v) is 7.37. The number of allylic oxidation sites excluding steroid dienone is 1. The lowest BCUT2D eigenvalue weighted by Crippen LogP contribution is -1.96. The molecule has 0 aliphatic rings. The fraction of sp³-hybridized carbons (Fsp3) is 0.0833. The summed E-state index contributed by atoms with van der Waals surface area (Å²) in [5.41, 5.74) is 4.41. The van der Waals surface area contributed by atoms with Crippen molar-refractivity contribution >= 4 is 33.5 Å². The molecule has 0 radical (unpaired) electrons. The monoisotopic (exact) mass is 447 g/mol. The van der Waals surface area contributed by atoms with Crippen molar-refractivity contribution < 1.29 is 14.6 Å². The van der Waals surface area contributed by atoms with Gasteiger partial charge in [0.25, 0.3) is 0 Å². The number of nitrogens with zero attached hydrogens (tertiary/aromatic N) is 1. The van der Waals surface area contributed by atoms with Gasteiger partial charge in [0.15, 0.2) is 0 Å². The third-order valence-electron chi connectivity index (χ3n) is 4.35. The summed E-state index contributed by atoms with van der Waals surface area (Å²) >= 11 is 3.52. The summed E-state index contributed by atoms with van der Waals surface area (Å²) in [5, 5.41) is 18.5. The molecule has 0 fully saturated rings. The lowest BCUT2D eigenvalue weighted by Gasteiger charge is -2.09. The van der Waals surface area contributed by atoms with E-state index in [4.69, 9.17) is 9.84 Å². The van der Waals surface area contributed by atoms with E-state index in [1.807, 2.05) is 49.4 Å². The summed E-state index contributed by atoms with van der Waals surface area (Å²) in [6.45, 7) is 2.51. The van der Waals surface area contributed by atoms with Gasteiger partial charge in [0.1, 0.15) is 12.4 Å². The normalized spacial score (nSPS) is 11.0. The molecule has 0 spiro atoms. The molecule has 3 aromatic rings. The van der Waals surface area contributed by atoms with Gasteiger partial charge >= 0.3 is 5.97 Å². The van der Waals surface area contributed by atoms with E-state index in [1.165, 1.54) is 17.7 Å². The Balaban J connectivity index is 1.76. The Bertz CT molecular complexity index is 1090. The van der Waals surface area contributed by atoms with E-state index in [1.54, 1.807) is 18.2 Å². The van der Waals surface area contributed by atoms with Crippen molar-refractivity contribution in [3.63, 3.8) is 0 Å². The van der Waals surface area contributed by atoms with E-state index in [9.17, 15) is 10.1 Å². The van der Waals surface area contributed by atoms with Gasteiger partial charge in [-0.3, -0.25) is 0 Å². The molecule has 1 N–H and O–H groups in total. The first-order chi connectivity index (χ1) is 14.0. The van der Waals surface area contributed by atoms with Gasteiger partial charge in [0.2, 0.25) is 0 Å². The summed E-state index contributed by atoms with van der Waals surface area (Å²) in [5.74, 6) is -0.281. The zero-order valence-corrected chi connectivity index (χ0v) is 17.3. The zero-order valence-electron chi connectivity index (χ0n) is 15.7. The highest BCUT2D eigenvalue weighted by molar-refractivity contribution is 9.10. The number of halogens is 1. The number of aryl methyl sites for hydroxylation is 1. The molecule has 3 rings (SSSR count). The van der Waals surface area contributed by atoms with Crippen LogP contribution in [0.15, 0.2) is 71.2 Å². The minimum atomic E-state index is -0.996. The Morgan fingerprint density at radius 1 is 1.07 bits per heavy atom. The highest BCUT2D eigenvalue weighted by atomic mass is 79.9. The number of hydrogen-bond acceptors (Lipinski definition) is 3. The van der Waals surface area contributed by atoms with E-state index < -0.39 is 5.97 Å². The summed E-state index contributed by atoms with van der Waals surface area (Å²) < 4.78 is 6.67. The zero-order chi connectivity index (χ0) is 20.8. The Morgan fingerprint density at radius 3 is 2.31 bits per heavy atom. The van der Waals surface area contributed by atoms with Crippen molar-refractivity contribution in [1.29, 1.82) is 5.26 Å². The quantitative estimate of drug-likeness (QED) is 0.366. The van der Waals surface area contributed by atoms with Gasteiger partial charge in [-0.25, -0.2) is 4.79 Å². The van der Waals surface area contributed by atoms with Crippen molar-refractivity contribution in [1.82, 2.24) is 0 Å². The molecular weight excluding hydrogens is 430 g/mol. The van der Waals surface area contributed by atoms with Crippen molar-refractivity contribution in [2.75, 3.05) is 0 Å². The number of rotatable bonds is 6. The van der Waals surface area contributed by atoms with E-state index >= 15 is 0 Å². The first-order valence-corrected chi connectivity index (χ1v) is 9.69. The molecule has 0 aromatic heterocycles. The van der Waals surface area contributed by atoms with Crippen molar-refractivity contribution in [2.24, 2.45) is 0 Å². The molecule has 0 atom stereocenters. The number of carboxylic acid groups (broad SMARTS) is 1. The molecule has 0 unspecified atom stereocenters. The van der Waals surface area contributed by atoms with Crippen LogP contribution in [0.25, 0.3) is 11.6 Å². The molecule has 3 aromatic carbocycles. The number of hydrogen-bond donors (Lipinski definition) is 1. The number of carboxylic acids is 1. The summed E-state index contributed by atoms with van der Waals surface area (Å²) in [6, 6.07) is 22.2. The Labute approximate surface area is 177 Å².